The molecule has 1 atom stereocenters. The molecule has 6 heteroatoms. The van der Waals surface area contributed by atoms with E-state index in [4.69, 9.17) is 27.1 Å². The Morgan fingerprint density at radius 2 is 2.05 bits per heavy atom. The molecule has 1 aromatic carbocycles. The van der Waals surface area contributed by atoms with Crippen molar-refractivity contribution < 1.29 is 14.4 Å². The van der Waals surface area contributed by atoms with E-state index in [1.54, 1.807) is 45.9 Å². The SMILES string of the molecule is CC(ON)c1ccc(NC(=O)OC(C)(C)C)cc1Cl. The zero-order valence-corrected chi connectivity index (χ0v) is 12.2. The van der Waals surface area contributed by atoms with Gasteiger partial charge in [0.2, 0.25) is 0 Å². The Morgan fingerprint density at radius 3 is 2.53 bits per heavy atom. The van der Waals surface area contributed by atoms with E-state index in [1.165, 1.54) is 0 Å². The van der Waals surface area contributed by atoms with Crippen molar-refractivity contribution in [3.8, 4) is 0 Å². The van der Waals surface area contributed by atoms with Crippen LogP contribution in [0.3, 0.4) is 0 Å². The van der Waals surface area contributed by atoms with E-state index in [0.717, 1.165) is 5.56 Å². The van der Waals surface area contributed by atoms with E-state index in [0.29, 0.717) is 10.7 Å². The summed E-state index contributed by atoms with van der Waals surface area (Å²) in [5, 5.41) is 3.07. The van der Waals surface area contributed by atoms with Gasteiger partial charge in [0.25, 0.3) is 0 Å². The predicted molar refractivity (Wildman–Crippen MR) is 75.0 cm³/mol. The van der Waals surface area contributed by atoms with Crippen molar-refractivity contribution in [2.24, 2.45) is 5.90 Å². The van der Waals surface area contributed by atoms with Crippen molar-refractivity contribution in [1.29, 1.82) is 0 Å². The molecule has 0 radical (unpaired) electrons. The summed E-state index contributed by atoms with van der Waals surface area (Å²) in [5.41, 5.74) is 0.751. The van der Waals surface area contributed by atoms with E-state index in [-0.39, 0.29) is 6.10 Å². The summed E-state index contributed by atoms with van der Waals surface area (Å²) < 4.78 is 5.14. The number of carbonyl (C=O) groups is 1. The molecule has 5 nitrogen and oxygen atoms in total. The number of halogens is 1. The molecule has 0 aliphatic heterocycles. The second-order valence-corrected chi connectivity index (χ2v) is 5.55. The first kappa shape index (κ1) is 15.8. The van der Waals surface area contributed by atoms with Crippen molar-refractivity contribution >= 4 is 23.4 Å². The molecule has 0 aromatic heterocycles. The molecule has 1 aromatic rings. The van der Waals surface area contributed by atoms with Crippen molar-refractivity contribution in [2.45, 2.75) is 39.4 Å². The lowest BCUT2D eigenvalue weighted by Gasteiger charge is -2.20. The molecule has 0 aliphatic carbocycles. The van der Waals surface area contributed by atoms with Gasteiger partial charge in [-0.2, -0.15) is 0 Å². The summed E-state index contributed by atoms with van der Waals surface area (Å²) in [4.78, 5) is 16.3. The van der Waals surface area contributed by atoms with E-state index < -0.39 is 11.7 Å². The molecule has 0 aliphatic rings. The Bertz CT molecular complexity index is 458. The standard InChI is InChI=1S/C13H19ClN2O3/c1-8(19-15)10-6-5-9(7-11(10)14)16-12(17)18-13(2,3)4/h5-8H,15H2,1-4H3,(H,16,17). The Hall–Kier alpha value is -1.30. The van der Waals surface area contributed by atoms with Gasteiger partial charge in [0, 0.05) is 16.3 Å². The van der Waals surface area contributed by atoms with Gasteiger partial charge < -0.3 is 4.74 Å². The van der Waals surface area contributed by atoms with Crippen molar-refractivity contribution in [2.75, 3.05) is 5.32 Å². The monoisotopic (exact) mass is 286 g/mol. The fraction of sp³-hybridized carbons (Fsp3) is 0.462. The quantitative estimate of drug-likeness (QED) is 0.832. The normalized spacial score (nSPS) is 12.9. The van der Waals surface area contributed by atoms with Crippen LogP contribution in [0.25, 0.3) is 0 Å². The highest BCUT2D eigenvalue weighted by Crippen LogP contribution is 2.27. The van der Waals surface area contributed by atoms with Gasteiger partial charge in [0.1, 0.15) is 11.7 Å². The lowest BCUT2D eigenvalue weighted by atomic mass is 10.1. The summed E-state index contributed by atoms with van der Waals surface area (Å²) in [5.74, 6) is 5.11. The minimum absolute atomic E-state index is 0.317. The molecule has 1 unspecified atom stereocenters. The van der Waals surface area contributed by atoms with Crippen LogP contribution in [0, 0.1) is 0 Å². The molecule has 106 valence electrons. The molecule has 0 spiro atoms. The fourth-order valence-electron chi connectivity index (χ4n) is 1.43. The zero-order valence-electron chi connectivity index (χ0n) is 11.5. The first-order valence-electron chi connectivity index (χ1n) is 5.88. The number of ether oxygens (including phenoxy) is 1. The molecular formula is C13H19ClN2O3. The number of nitrogens with one attached hydrogen (secondary N) is 1. The maximum Gasteiger partial charge on any atom is 0.412 e. The van der Waals surface area contributed by atoms with Crippen molar-refractivity contribution in [3.63, 3.8) is 0 Å². The van der Waals surface area contributed by atoms with Gasteiger partial charge >= 0.3 is 6.09 Å². The van der Waals surface area contributed by atoms with Crippen molar-refractivity contribution in [3.05, 3.63) is 28.8 Å². The number of carbonyl (C=O) groups excluding carboxylic acids is 1. The van der Waals surface area contributed by atoms with Gasteiger partial charge in [0.15, 0.2) is 0 Å². The molecule has 0 bridgehead atoms. The highest BCUT2D eigenvalue weighted by atomic mass is 35.5. The lowest BCUT2D eigenvalue weighted by Crippen LogP contribution is -2.27. The van der Waals surface area contributed by atoms with Crippen LogP contribution in [0.1, 0.15) is 39.4 Å². The first-order valence-corrected chi connectivity index (χ1v) is 6.25. The van der Waals surface area contributed by atoms with Crippen LogP contribution in [0.15, 0.2) is 18.2 Å². The number of amides is 1. The van der Waals surface area contributed by atoms with Gasteiger partial charge in [-0.05, 0) is 39.8 Å². The summed E-state index contributed by atoms with van der Waals surface area (Å²) in [7, 11) is 0. The number of hydrogen-bond donors (Lipinski definition) is 2. The Kier molecular flexibility index (Phi) is 5.17. The van der Waals surface area contributed by atoms with E-state index in [1.807, 2.05) is 0 Å². The number of hydrogen-bond acceptors (Lipinski definition) is 4. The second-order valence-electron chi connectivity index (χ2n) is 5.14. The smallest absolute Gasteiger partial charge is 0.412 e. The number of benzene rings is 1. The molecule has 0 saturated carbocycles. The van der Waals surface area contributed by atoms with E-state index >= 15 is 0 Å². The molecule has 19 heavy (non-hydrogen) atoms. The molecule has 1 amide bonds. The van der Waals surface area contributed by atoms with Crippen LogP contribution < -0.4 is 11.2 Å². The van der Waals surface area contributed by atoms with Crippen LogP contribution >= 0.6 is 11.6 Å². The van der Waals surface area contributed by atoms with Gasteiger partial charge in [-0.1, -0.05) is 17.7 Å². The molecule has 0 heterocycles. The molecule has 0 fully saturated rings. The third-order valence-electron chi connectivity index (χ3n) is 2.29. The van der Waals surface area contributed by atoms with Gasteiger partial charge in [-0.3, -0.25) is 10.2 Å². The van der Waals surface area contributed by atoms with Crippen LogP contribution in [-0.2, 0) is 9.57 Å². The number of rotatable bonds is 3. The predicted octanol–water partition coefficient (Wildman–Crippen LogP) is 3.64. The average molecular weight is 287 g/mol. The molecule has 3 N–H and O–H groups in total. The largest absolute Gasteiger partial charge is 0.444 e. The summed E-state index contributed by atoms with van der Waals surface area (Å²) >= 11 is 6.09. The van der Waals surface area contributed by atoms with E-state index in [2.05, 4.69) is 5.32 Å². The second kappa shape index (κ2) is 6.23. The minimum atomic E-state index is -0.546. The molecule has 1 rings (SSSR count). The fourth-order valence-corrected chi connectivity index (χ4v) is 1.76. The van der Waals surface area contributed by atoms with Crippen LogP contribution in [0.4, 0.5) is 10.5 Å². The minimum Gasteiger partial charge on any atom is -0.444 e. The van der Waals surface area contributed by atoms with Crippen LogP contribution in [0.5, 0.6) is 0 Å². The topological polar surface area (TPSA) is 73.6 Å². The van der Waals surface area contributed by atoms with E-state index in [9.17, 15) is 4.79 Å². The average Bonchev–Trinajstić information content (AvgIpc) is 2.25. The van der Waals surface area contributed by atoms with Gasteiger partial charge in [-0.15, -0.1) is 0 Å². The third-order valence-corrected chi connectivity index (χ3v) is 2.62. The Balaban J connectivity index is 2.76. The summed E-state index contributed by atoms with van der Waals surface area (Å²) in [6.45, 7) is 7.16. The maximum absolute atomic E-state index is 11.6. The highest BCUT2D eigenvalue weighted by Gasteiger charge is 2.17. The highest BCUT2D eigenvalue weighted by molar-refractivity contribution is 6.31. The van der Waals surface area contributed by atoms with Gasteiger partial charge in [-0.25, -0.2) is 10.7 Å². The number of anilines is 1. The van der Waals surface area contributed by atoms with Crippen LogP contribution in [-0.4, -0.2) is 11.7 Å². The van der Waals surface area contributed by atoms with Gasteiger partial charge in [0.05, 0.1) is 0 Å². The first-order chi connectivity index (χ1) is 8.73. The maximum atomic E-state index is 11.6. The third kappa shape index (κ3) is 5.06. The molecule has 0 saturated heterocycles. The Morgan fingerprint density at radius 1 is 1.42 bits per heavy atom. The Labute approximate surface area is 118 Å². The number of nitrogens with two attached hydrogens (primary N) is 1. The van der Waals surface area contributed by atoms with Crippen LogP contribution in [0.2, 0.25) is 5.02 Å². The summed E-state index contributed by atoms with van der Waals surface area (Å²) in [6.07, 6.45) is -0.845. The molecular weight excluding hydrogens is 268 g/mol. The summed E-state index contributed by atoms with van der Waals surface area (Å²) in [6, 6.07) is 5.07. The lowest BCUT2D eigenvalue weighted by molar-refractivity contribution is 0.0636. The zero-order chi connectivity index (χ0) is 14.6. The van der Waals surface area contributed by atoms with Crippen molar-refractivity contribution in [1.82, 2.24) is 0 Å².